The lowest BCUT2D eigenvalue weighted by Gasteiger charge is -2.33. The summed E-state index contributed by atoms with van der Waals surface area (Å²) in [5.41, 5.74) is 1.40. The van der Waals surface area contributed by atoms with Crippen molar-refractivity contribution in [1.29, 1.82) is 0 Å². The number of rotatable bonds is 1. The molecule has 1 saturated heterocycles. The van der Waals surface area contributed by atoms with E-state index in [-0.39, 0.29) is 18.5 Å². The second-order valence-corrected chi connectivity index (χ2v) is 5.82. The van der Waals surface area contributed by atoms with Crippen molar-refractivity contribution >= 4 is 5.91 Å². The number of hydrogen-bond donors (Lipinski definition) is 0. The molecule has 2 fully saturated rings. The summed E-state index contributed by atoms with van der Waals surface area (Å²) < 4.78 is 37.2. The Balaban J connectivity index is 1.62. The summed E-state index contributed by atoms with van der Waals surface area (Å²) in [5, 5.41) is 0. The molecule has 1 aliphatic heterocycles. The van der Waals surface area contributed by atoms with Gasteiger partial charge < -0.3 is 4.90 Å². The maximum Gasteiger partial charge on any atom is 0.471 e. The monoisotopic (exact) mass is 283 g/mol. The second-order valence-electron chi connectivity index (χ2n) is 5.82. The molecule has 3 rings (SSSR count). The number of carbonyl (C=O) groups excluding carboxylic acids is 1. The lowest BCUT2D eigenvalue weighted by molar-refractivity contribution is -0.186. The van der Waals surface area contributed by atoms with Crippen LogP contribution in [-0.2, 0) is 4.79 Å². The molecule has 2 nitrogen and oxygen atoms in total. The number of alkyl halides is 3. The molecule has 1 atom stereocenters. The summed E-state index contributed by atoms with van der Waals surface area (Å²) >= 11 is 0. The highest BCUT2D eigenvalue weighted by Crippen LogP contribution is 2.64. The third-order valence-corrected chi connectivity index (χ3v) is 4.68. The zero-order valence-electron chi connectivity index (χ0n) is 11.0. The molecule has 0 aromatic heterocycles. The SMILES string of the molecule is O=C(N1CCC2(CC1)C[C@@H]2c1ccccc1)C(F)(F)F. The van der Waals surface area contributed by atoms with Crippen LogP contribution in [0.3, 0.4) is 0 Å². The molecule has 1 aliphatic carbocycles. The van der Waals surface area contributed by atoms with Crippen molar-refractivity contribution in [2.24, 2.45) is 5.41 Å². The van der Waals surface area contributed by atoms with Gasteiger partial charge in [-0.25, -0.2) is 0 Å². The van der Waals surface area contributed by atoms with Crippen molar-refractivity contribution in [1.82, 2.24) is 4.90 Å². The number of piperidine rings is 1. The largest absolute Gasteiger partial charge is 0.471 e. The predicted molar refractivity (Wildman–Crippen MR) is 68.1 cm³/mol. The molecule has 1 heterocycles. The Hall–Kier alpha value is -1.52. The molecule has 0 bridgehead atoms. The minimum atomic E-state index is -4.74. The molecular weight excluding hydrogens is 267 g/mol. The van der Waals surface area contributed by atoms with Crippen LogP contribution in [0.5, 0.6) is 0 Å². The van der Waals surface area contributed by atoms with Crippen LogP contribution in [0.1, 0.15) is 30.7 Å². The molecule has 1 aromatic rings. The smallest absolute Gasteiger partial charge is 0.335 e. The first kappa shape index (κ1) is 13.5. The van der Waals surface area contributed by atoms with Gasteiger partial charge in [-0.1, -0.05) is 30.3 Å². The van der Waals surface area contributed by atoms with Crippen LogP contribution in [0, 0.1) is 5.41 Å². The second kappa shape index (κ2) is 4.50. The van der Waals surface area contributed by atoms with Gasteiger partial charge in [0.2, 0.25) is 0 Å². The van der Waals surface area contributed by atoms with Crippen LogP contribution in [0.2, 0.25) is 0 Å². The van der Waals surface area contributed by atoms with Gasteiger partial charge in [0.05, 0.1) is 0 Å². The van der Waals surface area contributed by atoms with E-state index in [4.69, 9.17) is 0 Å². The Labute approximate surface area is 115 Å². The number of carbonyl (C=O) groups is 1. The highest BCUT2D eigenvalue weighted by molar-refractivity contribution is 5.82. The van der Waals surface area contributed by atoms with E-state index in [9.17, 15) is 18.0 Å². The van der Waals surface area contributed by atoms with Crippen LogP contribution in [0.15, 0.2) is 30.3 Å². The van der Waals surface area contributed by atoms with Gasteiger partial charge in [-0.3, -0.25) is 4.79 Å². The number of halogens is 3. The zero-order valence-corrected chi connectivity index (χ0v) is 11.0. The average Bonchev–Trinajstić information content (AvgIpc) is 3.13. The Morgan fingerprint density at radius 3 is 2.30 bits per heavy atom. The van der Waals surface area contributed by atoms with Crippen molar-refractivity contribution in [3.8, 4) is 0 Å². The van der Waals surface area contributed by atoms with Crippen molar-refractivity contribution in [3.05, 3.63) is 35.9 Å². The van der Waals surface area contributed by atoms with Crippen molar-refractivity contribution in [3.63, 3.8) is 0 Å². The Kier molecular flexibility index (Phi) is 3.03. The van der Waals surface area contributed by atoms with Crippen molar-refractivity contribution < 1.29 is 18.0 Å². The highest BCUT2D eigenvalue weighted by atomic mass is 19.4. The first-order chi connectivity index (χ1) is 9.42. The van der Waals surface area contributed by atoms with Crippen LogP contribution >= 0.6 is 0 Å². The molecule has 1 spiro atoms. The van der Waals surface area contributed by atoms with Crippen LogP contribution in [-0.4, -0.2) is 30.1 Å². The highest BCUT2D eigenvalue weighted by Gasteiger charge is 2.56. The van der Waals surface area contributed by atoms with Gasteiger partial charge in [0.1, 0.15) is 0 Å². The Morgan fingerprint density at radius 1 is 1.15 bits per heavy atom. The maximum atomic E-state index is 12.4. The van der Waals surface area contributed by atoms with Gasteiger partial charge in [-0.05, 0) is 36.2 Å². The number of likely N-dealkylation sites (tertiary alicyclic amines) is 1. The number of nitrogens with zero attached hydrogens (tertiary/aromatic N) is 1. The fourth-order valence-electron chi connectivity index (χ4n) is 3.39. The zero-order chi connectivity index (χ0) is 14.4. The van der Waals surface area contributed by atoms with E-state index in [1.165, 1.54) is 5.56 Å². The normalized spacial score (nSPS) is 24.8. The number of hydrogen-bond acceptors (Lipinski definition) is 1. The van der Waals surface area contributed by atoms with Gasteiger partial charge in [0, 0.05) is 13.1 Å². The molecule has 108 valence electrons. The summed E-state index contributed by atoms with van der Waals surface area (Å²) in [4.78, 5) is 12.2. The van der Waals surface area contributed by atoms with E-state index in [2.05, 4.69) is 12.1 Å². The molecule has 5 heteroatoms. The van der Waals surface area contributed by atoms with E-state index in [1.54, 1.807) is 0 Å². The lowest BCUT2D eigenvalue weighted by Crippen LogP contribution is -2.45. The summed E-state index contributed by atoms with van der Waals surface area (Å²) in [5.74, 6) is -1.24. The van der Waals surface area contributed by atoms with E-state index >= 15 is 0 Å². The van der Waals surface area contributed by atoms with Gasteiger partial charge in [-0.15, -0.1) is 0 Å². The Morgan fingerprint density at radius 2 is 1.75 bits per heavy atom. The van der Waals surface area contributed by atoms with E-state index in [0.717, 1.165) is 11.3 Å². The molecule has 0 N–H and O–H groups in total. The molecule has 1 aromatic carbocycles. The molecular formula is C15H16F3NO. The predicted octanol–water partition coefficient (Wildman–Crippen LogP) is 3.35. The minimum Gasteiger partial charge on any atom is -0.335 e. The quantitative estimate of drug-likeness (QED) is 0.774. The third-order valence-electron chi connectivity index (χ3n) is 4.68. The molecule has 1 saturated carbocycles. The number of amides is 1. The molecule has 2 aliphatic rings. The average molecular weight is 283 g/mol. The molecule has 1 amide bonds. The van der Waals surface area contributed by atoms with E-state index < -0.39 is 12.1 Å². The van der Waals surface area contributed by atoms with Gasteiger partial charge in [0.25, 0.3) is 0 Å². The minimum absolute atomic E-state index is 0.129. The first-order valence-electron chi connectivity index (χ1n) is 6.83. The van der Waals surface area contributed by atoms with Gasteiger partial charge in [-0.2, -0.15) is 13.2 Å². The topological polar surface area (TPSA) is 20.3 Å². The number of benzene rings is 1. The van der Waals surface area contributed by atoms with Crippen LogP contribution in [0.25, 0.3) is 0 Å². The van der Waals surface area contributed by atoms with Gasteiger partial charge >= 0.3 is 12.1 Å². The first-order valence-corrected chi connectivity index (χ1v) is 6.83. The summed E-state index contributed by atoms with van der Waals surface area (Å²) in [6.07, 6.45) is -2.36. The van der Waals surface area contributed by atoms with Crippen molar-refractivity contribution in [2.75, 3.05) is 13.1 Å². The summed E-state index contributed by atoms with van der Waals surface area (Å²) in [7, 11) is 0. The fraction of sp³-hybridized carbons (Fsp3) is 0.533. The maximum absolute atomic E-state index is 12.4. The van der Waals surface area contributed by atoms with Crippen LogP contribution < -0.4 is 0 Å². The van der Waals surface area contributed by atoms with Crippen LogP contribution in [0.4, 0.5) is 13.2 Å². The molecule has 0 unspecified atom stereocenters. The fourth-order valence-corrected chi connectivity index (χ4v) is 3.39. The van der Waals surface area contributed by atoms with Gasteiger partial charge in [0.15, 0.2) is 0 Å². The summed E-state index contributed by atoms with van der Waals surface area (Å²) in [6.45, 7) is 0.448. The van der Waals surface area contributed by atoms with E-state index in [0.29, 0.717) is 18.8 Å². The Bertz CT molecular complexity index is 504. The summed E-state index contributed by atoms with van der Waals surface area (Å²) in [6, 6.07) is 10.1. The van der Waals surface area contributed by atoms with E-state index in [1.807, 2.05) is 18.2 Å². The third kappa shape index (κ3) is 2.30. The lowest BCUT2D eigenvalue weighted by atomic mass is 9.88. The standard InChI is InChI=1S/C15H16F3NO/c16-15(17,18)13(20)19-8-6-14(7-9-19)10-12(14)11-4-2-1-3-5-11/h1-5,12H,6-10H2/t12-/m1/s1. The van der Waals surface area contributed by atoms with Crippen molar-refractivity contribution in [2.45, 2.75) is 31.4 Å². The molecule has 0 radical (unpaired) electrons. The molecule has 20 heavy (non-hydrogen) atoms.